The molecule has 2 atom stereocenters. The number of nitrogens with two attached hydrogens (primary N) is 1. The van der Waals surface area contributed by atoms with E-state index < -0.39 is 54.6 Å². The number of carboxylic acid groups (broad SMARTS) is 2. The normalized spacial score (nSPS) is 13.9. The van der Waals surface area contributed by atoms with Crippen molar-refractivity contribution in [3.63, 3.8) is 0 Å². The number of carbonyl (C=O) groups excluding carboxylic acids is 1. The van der Waals surface area contributed by atoms with Crippen LogP contribution in [0.1, 0.15) is 24.1 Å². The van der Waals surface area contributed by atoms with Gasteiger partial charge < -0.3 is 26.2 Å². The Bertz CT molecular complexity index is 894. The van der Waals surface area contributed by atoms with E-state index in [1.165, 1.54) is 24.3 Å². The summed E-state index contributed by atoms with van der Waals surface area (Å²) in [6.07, 6.45) is -6.04. The van der Waals surface area contributed by atoms with Gasteiger partial charge in [0.1, 0.15) is 11.7 Å². The maximum Gasteiger partial charge on any atom is 0.431 e. The van der Waals surface area contributed by atoms with Crippen LogP contribution in [0.3, 0.4) is 0 Å². The number of rotatable bonds is 8. The lowest BCUT2D eigenvalue weighted by molar-refractivity contribution is -0.144. The van der Waals surface area contributed by atoms with Crippen LogP contribution in [0, 0.1) is 0 Å². The highest BCUT2D eigenvalue weighted by atomic mass is 19.4. The summed E-state index contributed by atoms with van der Waals surface area (Å²) in [6, 6.07) is 2.89. The molecule has 2 unspecified atom stereocenters. The standard InChI is InChI=1S/C17H18F3N3O5/c18-17(19,20)14-9(8-3-1-2-4-11(8)22-14)7-12(16(27)28)23-15(26)10(21)5-6-13(24)25/h1-4,10,12,22H,5-7,21H2,(H,23,26)(H,24,25)(H,27,28). The third-order valence-corrected chi connectivity index (χ3v) is 4.13. The van der Waals surface area contributed by atoms with Gasteiger partial charge in [0.15, 0.2) is 0 Å². The fraction of sp³-hybridized carbons (Fsp3) is 0.353. The zero-order chi connectivity index (χ0) is 21.1. The number of para-hydroxylation sites is 1. The van der Waals surface area contributed by atoms with Crippen LogP contribution in [0.15, 0.2) is 24.3 Å². The smallest absolute Gasteiger partial charge is 0.431 e. The van der Waals surface area contributed by atoms with E-state index in [0.29, 0.717) is 0 Å². The number of fused-ring (bicyclic) bond motifs is 1. The number of halogens is 3. The van der Waals surface area contributed by atoms with E-state index in [0.717, 1.165) is 0 Å². The summed E-state index contributed by atoms with van der Waals surface area (Å²) < 4.78 is 40.1. The fourth-order valence-corrected chi connectivity index (χ4v) is 2.75. The first kappa shape index (κ1) is 21.2. The molecule has 8 nitrogen and oxygen atoms in total. The molecule has 1 aromatic carbocycles. The second kappa shape index (κ2) is 8.30. The lowest BCUT2D eigenvalue weighted by Gasteiger charge is -2.18. The van der Waals surface area contributed by atoms with Crippen LogP contribution in [0.2, 0.25) is 0 Å². The van der Waals surface area contributed by atoms with Gasteiger partial charge in [0.05, 0.1) is 6.04 Å². The third kappa shape index (κ3) is 5.00. The second-order valence-electron chi connectivity index (χ2n) is 6.16. The highest BCUT2D eigenvalue weighted by Crippen LogP contribution is 2.36. The van der Waals surface area contributed by atoms with Crippen LogP contribution in [0.4, 0.5) is 13.2 Å². The third-order valence-electron chi connectivity index (χ3n) is 4.13. The molecule has 1 amide bonds. The number of alkyl halides is 3. The van der Waals surface area contributed by atoms with Gasteiger partial charge in [-0.3, -0.25) is 9.59 Å². The Morgan fingerprint density at radius 2 is 1.82 bits per heavy atom. The lowest BCUT2D eigenvalue weighted by atomic mass is 10.0. The molecule has 0 aliphatic rings. The van der Waals surface area contributed by atoms with E-state index in [4.69, 9.17) is 10.8 Å². The summed E-state index contributed by atoms with van der Waals surface area (Å²) in [7, 11) is 0. The Morgan fingerprint density at radius 1 is 1.18 bits per heavy atom. The number of aliphatic carboxylic acids is 2. The minimum Gasteiger partial charge on any atom is -0.481 e. The topological polar surface area (TPSA) is 146 Å². The van der Waals surface area contributed by atoms with Gasteiger partial charge in [0, 0.05) is 23.7 Å². The zero-order valence-electron chi connectivity index (χ0n) is 14.4. The Hall–Kier alpha value is -3.08. The van der Waals surface area contributed by atoms with Crippen LogP contribution in [0.5, 0.6) is 0 Å². The molecule has 0 aliphatic carbocycles. The average molecular weight is 401 g/mol. The van der Waals surface area contributed by atoms with Gasteiger partial charge in [-0.15, -0.1) is 0 Å². The highest BCUT2D eigenvalue weighted by Gasteiger charge is 2.38. The summed E-state index contributed by atoms with van der Waals surface area (Å²) in [6.45, 7) is 0. The summed E-state index contributed by atoms with van der Waals surface area (Å²) in [4.78, 5) is 36.3. The van der Waals surface area contributed by atoms with Crippen molar-refractivity contribution in [3.05, 3.63) is 35.5 Å². The molecule has 0 spiro atoms. The van der Waals surface area contributed by atoms with Crippen molar-refractivity contribution in [2.45, 2.75) is 37.5 Å². The number of aromatic amines is 1. The van der Waals surface area contributed by atoms with Crippen molar-refractivity contribution >= 4 is 28.7 Å². The summed E-state index contributed by atoms with van der Waals surface area (Å²) in [5.74, 6) is -3.69. The van der Waals surface area contributed by atoms with Gasteiger partial charge in [-0.25, -0.2) is 4.79 Å². The fourth-order valence-electron chi connectivity index (χ4n) is 2.75. The molecule has 0 bridgehead atoms. The molecule has 6 N–H and O–H groups in total. The monoisotopic (exact) mass is 401 g/mol. The number of H-pyrrole nitrogens is 1. The summed E-state index contributed by atoms with van der Waals surface area (Å²) >= 11 is 0. The molecular weight excluding hydrogens is 383 g/mol. The van der Waals surface area contributed by atoms with E-state index in [2.05, 4.69) is 10.3 Å². The number of nitrogens with one attached hydrogen (secondary N) is 2. The van der Waals surface area contributed by atoms with Crippen molar-refractivity contribution in [1.82, 2.24) is 10.3 Å². The molecule has 0 fully saturated rings. The number of benzene rings is 1. The van der Waals surface area contributed by atoms with Crippen molar-refractivity contribution in [2.24, 2.45) is 5.73 Å². The quantitative estimate of drug-likeness (QED) is 0.453. The van der Waals surface area contributed by atoms with E-state index >= 15 is 0 Å². The molecule has 28 heavy (non-hydrogen) atoms. The molecule has 0 radical (unpaired) electrons. The molecule has 11 heteroatoms. The van der Waals surface area contributed by atoms with Crippen LogP contribution in [0.25, 0.3) is 10.9 Å². The zero-order valence-corrected chi connectivity index (χ0v) is 14.4. The first-order chi connectivity index (χ1) is 13.0. The van der Waals surface area contributed by atoms with Crippen LogP contribution in [-0.4, -0.2) is 45.1 Å². The first-order valence-corrected chi connectivity index (χ1v) is 8.18. The highest BCUT2D eigenvalue weighted by molar-refractivity contribution is 5.89. The van der Waals surface area contributed by atoms with E-state index in [9.17, 15) is 32.7 Å². The van der Waals surface area contributed by atoms with Gasteiger partial charge in [0.25, 0.3) is 0 Å². The minimum absolute atomic E-state index is 0.179. The van der Waals surface area contributed by atoms with E-state index in [-0.39, 0.29) is 22.9 Å². The number of aromatic nitrogens is 1. The largest absolute Gasteiger partial charge is 0.481 e. The summed E-state index contributed by atoms with van der Waals surface area (Å²) in [5.41, 5.74) is 4.31. The Kier molecular flexibility index (Phi) is 6.29. The van der Waals surface area contributed by atoms with Crippen LogP contribution < -0.4 is 11.1 Å². The second-order valence-corrected chi connectivity index (χ2v) is 6.16. The molecule has 0 aliphatic heterocycles. The number of carbonyl (C=O) groups is 3. The first-order valence-electron chi connectivity index (χ1n) is 8.18. The van der Waals surface area contributed by atoms with Crippen LogP contribution in [-0.2, 0) is 27.0 Å². The predicted molar refractivity (Wildman–Crippen MR) is 91.4 cm³/mol. The number of hydrogen-bond acceptors (Lipinski definition) is 4. The van der Waals surface area contributed by atoms with E-state index in [1.807, 2.05) is 0 Å². The van der Waals surface area contributed by atoms with Crippen LogP contribution >= 0.6 is 0 Å². The van der Waals surface area contributed by atoms with Crippen molar-refractivity contribution in [1.29, 1.82) is 0 Å². The number of carboxylic acids is 2. The predicted octanol–water partition coefficient (Wildman–Crippen LogP) is 1.49. The molecule has 2 aromatic rings. The van der Waals surface area contributed by atoms with E-state index in [1.54, 1.807) is 0 Å². The molecule has 1 aromatic heterocycles. The van der Waals surface area contributed by atoms with Gasteiger partial charge in [-0.05, 0) is 18.1 Å². The number of amides is 1. The SMILES string of the molecule is NC(CCC(=O)O)C(=O)NC(Cc1c(C(F)(F)F)[nH]c2ccccc12)C(=O)O. The Morgan fingerprint density at radius 3 is 2.39 bits per heavy atom. The maximum atomic E-state index is 13.4. The van der Waals surface area contributed by atoms with Gasteiger partial charge in [-0.2, -0.15) is 13.2 Å². The average Bonchev–Trinajstić information content (AvgIpc) is 2.97. The summed E-state index contributed by atoms with van der Waals surface area (Å²) in [5, 5.41) is 20.2. The Balaban J connectivity index is 2.28. The number of hydrogen-bond donors (Lipinski definition) is 5. The molecule has 152 valence electrons. The van der Waals surface area contributed by atoms with Crippen molar-refractivity contribution < 1.29 is 37.8 Å². The Labute approximate surface area is 156 Å². The van der Waals surface area contributed by atoms with Gasteiger partial charge in [0.2, 0.25) is 5.91 Å². The molecule has 0 saturated heterocycles. The van der Waals surface area contributed by atoms with Gasteiger partial charge in [-0.1, -0.05) is 18.2 Å². The lowest BCUT2D eigenvalue weighted by Crippen LogP contribution is -2.49. The van der Waals surface area contributed by atoms with Gasteiger partial charge >= 0.3 is 18.1 Å². The molecule has 1 heterocycles. The maximum absolute atomic E-state index is 13.4. The van der Waals surface area contributed by atoms with Crippen molar-refractivity contribution in [3.8, 4) is 0 Å². The molecule has 0 saturated carbocycles. The molecule has 2 rings (SSSR count). The molecular formula is C17H18F3N3O5. The van der Waals surface area contributed by atoms with Crippen molar-refractivity contribution in [2.75, 3.05) is 0 Å². The minimum atomic E-state index is -4.75.